The first-order chi connectivity index (χ1) is 19.1. The maximum Gasteiger partial charge on any atom is 0.136 e. The molecule has 1 aromatic heterocycles. The van der Waals surface area contributed by atoms with Gasteiger partial charge in [0.05, 0.1) is 20.6 Å². The Morgan fingerprint density at radius 3 is 2.08 bits per heavy atom. The van der Waals surface area contributed by atoms with Crippen LogP contribution < -0.4 is 0 Å². The van der Waals surface area contributed by atoms with Crippen LogP contribution in [0.1, 0.15) is 20.6 Å². The first-order valence-corrected chi connectivity index (χ1v) is 7.73. The molecule has 0 radical (unpaired) electrons. The number of rotatable bonds is 2. The summed E-state index contributed by atoms with van der Waals surface area (Å²) in [5.41, 5.74) is -3.01. The minimum atomic E-state index is -0.765. The maximum absolute atomic E-state index is 9.14. The van der Waals surface area contributed by atoms with E-state index in [4.69, 9.17) is 36.6 Å². The van der Waals surface area contributed by atoms with Gasteiger partial charge in [0.1, 0.15) is 11.2 Å². The van der Waals surface area contributed by atoms with Gasteiger partial charge < -0.3 is 4.42 Å². The summed E-state index contributed by atoms with van der Waals surface area (Å²) in [5, 5.41) is -1.02. The maximum atomic E-state index is 9.14. The average Bonchev–Trinajstić information content (AvgIpc) is 3.35. The molecule has 0 bridgehead atoms. The van der Waals surface area contributed by atoms with Crippen LogP contribution >= 0.6 is 11.6 Å². The number of fused-ring (bicyclic) bond motifs is 3. The highest BCUT2D eigenvalue weighted by atomic mass is 35.5. The fraction of sp³-hybridized carbons (Fsp3) is 0. The Balaban J connectivity index is 2.18. The van der Waals surface area contributed by atoms with Gasteiger partial charge in [0.2, 0.25) is 0 Å². The van der Waals surface area contributed by atoms with Crippen LogP contribution in [0.5, 0.6) is 0 Å². The molecule has 0 atom stereocenters. The summed E-state index contributed by atoms with van der Waals surface area (Å²) in [7, 11) is 0. The van der Waals surface area contributed by atoms with Crippen LogP contribution in [0.4, 0.5) is 0 Å². The molecule has 0 unspecified atom stereocenters. The number of halogens is 1. The predicted octanol–water partition coefficient (Wildman–Crippen LogP) is 7.57. The molecular weight excluding hydrogens is 340 g/mol. The largest absolute Gasteiger partial charge is 0.456 e. The Hall–Kier alpha value is -3.03. The van der Waals surface area contributed by atoms with Crippen molar-refractivity contribution >= 4 is 33.5 Å². The fourth-order valence-corrected chi connectivity index (χ4v) is 2.75. The molecule has 0 saturated carbocycles. The summed E-state index contributed by atoms with van der Waals surface area (Å²) in [6, 6.07) is -10.7. The highest BCUT2D eigenvalue weighted by Gasteiger charge is 2.15. The lowest BCUT2D eigenvalue weighted by Crippen LogP contribution is -1.83. The highest BCUT2D eigenvalue weighted by molar-refractivity contribution is 6.32. The van der Waals surface area contributed by atoms with Crippen LogP contribution in [-0.4, -0.2) is 0 Å². The Morgan fingerprint density at radius 1 is 0.654 bits per heavy atom. The van der Waals surface area contributed by atoms with Crippen molar-refractivity contribution in [2.45, 2.75) is 0 Å². The second-order valence-electron chi connectivity index (χ2n) is 5.20. The van der Waals surface area contributed by atoms with Crippen LogP contribution in [0.2, 0.25) is 5.02 Å². The molecule has 4 aromatic carbocycles. The third-order valence-electron chi connectivity index (χ3n) is 3.67. The molecular formula is C24H15ClO. The normalized spacial score (nSPS) is 19.3. The summed E-state index contributed by atoms with van der Waals surface area (Å²) in [4.78, 5) is 0. The van der Waals surface area contributed by atoms with E-state index in [9.17, 15) is 0 Å². The van der Waals surface area contributed by atoms with E-state index in [0.29, 0.717) is 0 Å². The van der Waals surface area contributed by atoms with Gasteiger partial charge in [-0.05, 0) is 52.5 Å². The SMILES string of the molecule is [2H]c1c([2H])c([2H])c(-c2c([2H])c(-c3c([2H])c([2H])c([2H])c([2H])c3[2H])c3c(oc4c([2H])c([2H])c(Cl)c([2H])c43)c2[2H])c([2H])c1[2H]. The molecule has 0 aliphatic rings. The van der Waals surface area contributed by atoms with Gasteiger partial charge in [-0.15, -0.1) is 0 Å². The Kier molecular flexibility index (Phi) is 1.46. The second kappa shape index (κ2) is 6.05. The molecule has 26 heavy (non-hydrogen) atoms. The lowest BCUT2D eigenvalue weighted by atomic mass is 9.94. The molecule has 0 fully saturated rings. The van der Waals surface area contributed by atoms with Crippen molar-refractivity contribution in [1.29, 1.82) is 0 Å². The van der Waals surface area contributed by atoms with Crippen molar-refractivity contribution < 1.29 is 25.0 Å². The summed E-state index contributed by atoms with van der Waals surface area (Å²) in [6.45, 7) is 0. The smallest absolute Gasteiger partial charge is 0.136 e. The molecule has 1 nitrogen and oxygen atoms in total. The molecule has 0 saturated heterocycles. The molecule has 124 valence electrons. The van der Waals surface area contributed by atoms with E-state index >= 15 is 0 Å². The molecule has 0 spiro atoms. The van der Waals surface area contributed by atoms with Gasteiger partial charge >= 0.3 is 0 Å². The van der Waals surface area contributed by atoms with Gasteiger partial charge in [0.25, 0.3) is 0 Å². The Labute approximate surface area is 177 Å². The van der Waals surface area contributed by atoms with Crippen molar-refractivity contribution in [3.8, 4) is 22.3 Å². The fourth-order valence-electron chi connectivity index (χ4n) is 2.61. The van der Waals surface area contributed by atoms with Crippen LogP contribution in [0.3, 0.4) is 0 Å². The van der Waals surface area contributed by atoms with Gasteiger partial charge in [0, 0.05) is 15.8 Å². The lowest BCUT2D eigenvalue weighted by Gasteiger charge is -2.08. The van der Waals surface area contributed by atoms with Crippen LogP contribution in [-0.2, 0) is 0 Å². The molecule has 5 rings (SSSR count). The Bertz CT molecular complexity index is 1960. The van der Waals surface area contributed by atoms with E-state index in [1.165, 1.54) is 0 Å². The zero-order valence-corrected chi connectivity index (χ0v) is 13.5. The third kappa shape index (κ3) is 2.49. The van der Waals surface area contributed by atoms with Crippen LogP contribution in [0.15, 0.2) is 95.1 Å². The van der Waals surface area contributed by atoms with E-state index in [1.807, 2.05) is 0 Å². The van der Waals surface area contributed by atoms with Gasteiger partial charge in [-0.3, -0.25) is 0 Å². The number of hydrogen-bond acceptors (Lipinski definition) is 1. The molecule has 5 aromatic rings. The molecule has 0 aliphatic heterocycles. The first kappa shape index (κ1) is 6.29. The van der Waals surface area contributed by atoms with Crippen molar-refractivity contribution in [2.24, 2.45) is 0 Å². The van der Waals surface area contributed by atoms with E-state index in [-0.39, 0.29) is 10.8 Å². The van der Waals surface area contributed by atoms with E-state index < -0.39 is 129 Å². The molecule has 0 N–H and O–H groups in total. The number of hydrogen-bond donors (Lipinski definition) is 0. The van der Waals surface area contributed by atoms with Crippen molar-refractivity contribution in [3.05, 3.63) is 95.7 Å². The van der Waals surface area contributed by atoms with Crippen molar-refractivity contribution in [2.75, 3.05) is 0 Å². The standard InChI is InChI=1S/C24H15ClO/c25-19-11-12-22-21(15-19)24-20(17-9-5-2-6-10-17)13-18(14-23(24)26-22)16-7-3-1-4-8-16/h1-15H/i1D,2D,3D,4D,5D,6D,7D,8D,9D,10D,11D,12D,13D,14D,15D. The molecule has 0 aliphatic carbocycles. The van der Waals surface area contributed by atoms with Crippen molar-refractivity contribution in [1.82, 2.24) is 0 Å². The number of benzene rings is 4. The second-order valence-corrected chi connectivity index (χ2v) is 5.58. The molecule has 2 heteroatoms. The predicted molar refractivity (Wildman–Crippen MR) is 110 cm³/mol. The quantitative estimate of drug-likeness (QED) is 0.312. The van der Waals surface area contributed by atoms with E-state index in [1.54, 1.807) is 0 Å². The molecule has 1 heterocycles. The monoisotopic (exact) mass is 369 g/mol. The summed E-state index contributed by atoms with van der Waals surface area (Å²) in [5.74, 6) is 0. The highest BCUT2D eigenvalue weighted by Crippen LogP contribution is 2.40. The van der Waals surface area contributed by atoms with Gasteiger partial charge in [0.15, 0.2) is 0 Å². The van der Waals surface area contributed by atoms with Gasteiger partial charge in [-0.25, -0.2) is 0 Å². The zero-order valence-electron chi connectivity index (χ0n) is 27.8. The zero-order chi connectivity index (χ0) is 30.6. The third-order valence-corrected chi connectivity index (χ3v) is 3.86. The summed E-state index contributed by atoms with van der Waals surface area (Å²) < 4.78 is 131. The minimum Gasteiger partial charge on any atom is -0.456 e. The lowest BCUT2D eigenvalue weighted by molar-refractivity contribution is 0.669. The summed E-state index contributed by atoms with van der Waals surface area (Å²) >= 11 is 6.15. The first-order valence-electron chi connectivity index (χ1n) is 14.8. The average molecular weight is 370 g/mol. The van der Waals surface area contributed by atoms with Crippen LogP contribution in [0, 0.1) is 0 Å². The van der Waals surface area contributed by atoms with Crippen LogP contribution in [0.25, 0.3) is 44.2 Å². The topological polar surface area (TPSA) is 13.1 Å². The minimum absolute atomic E-state index is 0.262. The summed E-state index contributed by atoms with van der Waals surface area (Å²) in [6.07, 6.45) is 0. The van der Waals surface area contributed by atoms with E-state index in [2.05, 4.69) is 0 Å². The Morgan fingerprint density at radius 2 is 1.35 bits per heavy atom. The molecule has 0 amide bonds. The van der Waals surface area contributed by atoms with Crippen molar-refractivity contribution in [3.63, 3.8) is 0 Å². The van der Waals surface area contributed by atoms with Gasteiger partial charge in [-0.2, -0.15) is 0 Å². The van der Waals surface area contributed by atoms with E-state index in [0.717, 1.165) is 0 Å². The van der Waals surface area contributed by atoms with Gasteiger partial charge in [-0.1, -0.05) is 72.0 Å². The number of furan rings is 1.